The number of benzene rings is 2. The summed E-state index contributed by atoms with van der Waals surface area (Å²) >= 11 is 0. The van der Waals surface area contributed by atoms with Gasteiger partial charge in [0.15, 0.2) is 0 Å². The molecule has 2 aromatic carbocycles. The molecule has 3 aromatic rings. The second-order valence-corrected chi connectivity index (χ2v) is 7.57. The van der Waals surface area contributed by atoms with E-state index in [0.29, 0.717) is 0 Å². The summed E-state index contributed by atoms with van der Waals surface area (Å²) in [6.07, 6.45) is 5.56. The molecule has 4 heteroatoms. The molecule has 0 N–H and O–H groups in total. The molecule has 1 spiro atoms. The van der Waals surface area contributed by atoms with E-state index in [1.165, 1.54) is 0 Å². The van der Waals surface area contributed by atoms with Crippen LogP contribution in [0.2, 0.25) is 0 Å². The van der Waals surface area contributed by atoms with Gasteiger partial charge in [0.2, 0.25) is 0 Å². The summed E-state index contributed by atoms with van der Waals surface area (Å²) < 4.78 is 10.7. The van der Waals surface area contributed by atoms with E-state index in [9.17, 15) is 4.79 Å². The van der Waals surface area contributed by atoms with Gasteiger partial charge in [-0.1, -0.05) is 18.2 Å². The number of carbonyl (C=O) groups is 1. The molecular formula is C22H21NO3. The van der Waals surface area contributed by atoms with Gasteiger partial charge in [-0.25, -0.2) is 0 Å². The molecule has 1 unspecified atom stereocenters. The van der Waals surface area contributed by atoms with Crippen molar-refractivity contribution < 1.29 is 13.9 Å². The van der Waals surface area contributed by atoms with Crippen LogP contribution in [-0.4, -0.2) is 37.1 Å². The van der Waals surface area contributed by atoms with Crippen molar-refractivity contribution in [3.05, 3.63) is 60.6 Å². The van der Waals surface area contributed by atoms with Gasteiger partial charge in [-0.15, -0.1) is 0 Å². The fraction of sp³-hybridized carbons (Fsp3) is 0.318. The van der Waals surface area contributed by atoms with Crippen LogP contribution in [0, 0.1) is 5.41 Å². The Kier molecular flexibility index (Phi) is 3.61. The van der Waals surface area contributed by atoms with Crippen LogP contribution in [0.3, 0.4) is 0 Å². The molecule has 1 atom stereocenters. The van der Waals surface area contributed by atoms with Gasteiger partial charge in [0.05, 0.1) is 19.1 Å². The van der Waals surface area contributed by atoms with E-state index in [1.807, 2.05) is 29.2 Å². The number of furan rings is 1. The fourth-order valence-electron chi connectivity index (χ4n) is 4.25. The predicted octanol–water partition coefficient (Wildman–Crippen LogP) is 4.35. The summed E-state index contributed by atoms with van der Waals surface area (Å²) in [5.74, 6) is 0.134. The number of carbonyl (C=O) groups excluding carboxylic acids is 1. The Hall–Kier alpha value is -2.59. The fourth-order valence-corrected chi connectivity index (χ4v) is 4.25. The van der Waals surface area contributed by atoms with Crippen molar-refractivity contribution in [2.75, 3.05) is 26.3 Å². The first-order chi connectivity index (χ1) is 12.7. The average Bonchev–Trinajstić information content (AvgIpc) is 3.44. The predicted molar refractivity (Wildman–Crippen MR) is 100 cm³/mol. The Labute approximate surface area is 152 Å². The van der Waals surface area contributed by atoms with Crippen LogP contribution < -0.4 is 0 Å². The van der Waals surface area contributed by atoms with Gasteiger partial charge in [-0.05, 0) is 53.4 Å². The maximum absolute atomic E-state index is 13.0. The van der Waals surface area contributed by atoms with Crippen LogP contribution in [0.1, 0.15) is 23.2 Å². The van der Waals surface area contributed by atoms with Gasteiger partial charge in [-0.2, -0.15) is 0 Å². The van der Waals surface area contributed by atoms with Crippen molar-refractivity contribution in [3.63, 3.8) is 0 Å². The van der Waals surface area contributed by atoms with Gasteiger partial charge in [0.1, 0.15) is 0 Å². The molecule has 0 saturated carbocycles. The number of amides is 1. The van der Waals surface area contributed by atoms with Crippen LogP contribution in [0.25, 0.3) is 21.9 Å². The number of rotatable bonds is 2. The molecule has 1 amide bonds. The summed E-state index contributed by atoms with van der Waals surface area (Å²) in [7, 11) is 0. The molecule has 3 heterocycles. The highest BCUT2D eigenvalue weighted by molar-refractivity contribution is 5.99. The highest BCUT2D eigenvalue weighted by atomic mass is 16.5. The van der Waals surface area contributed by atoms with E-state index in [-0.39, 0.29) is 11.3 Å². The second kappa shape index (κ2) is 5.99. The van der Waals surface area contributed by atoms with Crippen molar-refractivity contribution in [1.82, 2.24) is 4.90 Å². The van der Waals surface area contributed by atoms with Crippen LogP contribution in [0.4, 0.5) is 0 Å². The second-order valence-electron chi connectivity index (χ2n) is 7.57. The highest BCUT2D eigenvalue weighted by Gasteiger charge is 2.42. The molecule has 0 aliphatic carbocycles. The summed E-state index contributed by atoms with van der Waals surface area (Å²) in [6.45, 7) is 3.28. The van der Waals surface area contributed by atoms with E-state index >= 15 is 0 Å². The highest BCUT2D eigenvalue weighted by Crippen LogP contribution is 2.38. The molecule has 0 radical (unpaired) electrons. The van der Waals surface area contributed by atoms with Crippen molar-refractivity contribution in [3.8, 4) is 11.1 Å². The number of hydrogen-bond acceptors (Lipinski definition) is 3. The molecule has 2 saturated heterocycles. The molecular weight excluding hydrogens is 326 g/mol. The topological polar surface area (TPSA) is 42.7 Å². The first-order valence-corrected chi connectivity index (χ1v) is 9.16. The average molecular weight is 347 g/mol. The lowest BCUT2D eigenvalue weighted by molar-refractivity contribution is 0.0766. The summed E-state index contributed by atoms with van der Waals surface area (Å²) in [5.41, 5.74) is 3.15. The lowest BCUT2D eigenvalue weighted by atomic mass is 9.87. The van der Waals surface area contributed by atoms with E-state index in [4.69, 9.17) is 9.15 Å². The van der Waals surface area contributed by atoms with E-state index < -0.39 is 0 Å². The van der Waals surface area contributed by atoms with Gasteiger partial charge in [-0.3, -0.25) is 4.79 Å². The maximum Gasteiger partial charge on any atom is 0.253 e. The number of ether oxygens (including phenoxy) is 1. The van der Waals surface area contributed by atoms with E-state index in [2.05, 4.69) is 18.2 Å². The van der Waals surface area contributed by atoms with E-state index in [1.54, 1.807) is 12.5 Å². The smallest absolute Gasteiger partial charge is 0.253 e. The Balaban J connectivity index is 1.41. The third-order valence-corrected chi connectivity index (χ3v) is 5.85. The van der Waals surface area contributed by atoms with Crippen molar-refractivity contribution in [1.29, 1.82) is 0 Å². The number of nitrogens with zero attached hydrogens (tertiary/aromatic N) is 1. The standard InChI is InChI=1S/C22H21NO3/c24-21(23-8-6-22(14-23)7-10-26-15-22)19-4-3-16-11-18(2-1-17(16)12-19)20-5-9-25-13-20/h1-5,9,11-13H,6-8,10,14-15H2. The lowest BCUT2D eigenvalue weighted by Gasteiger charge is -2.22. The van der Waals surface area contributed by atoms with Crippen LogP contribution in [0.15, 0.2) is 59.4 Å². The largest absolute Gasteiger partial charge is 0.472 e. The quantitative estimate of drug-likeness (QED) is 0.692. The van der Waals surface area contributed by atoms with Crippen molar-refractivity contribution in [2.45, 2.75) is 12.8 Å². The molecule has 26 heavy (non-hydrogen) atoms. The number of fused-ring (bicyclic) bond motifs is 1. The monoisotopic (exact) mass is 347 g/mol. The lowest BCUT2D eigenvalue weighted by Crippen LogP contribution is -2.32. The minimum atomic E-state index is 0.134. The Bertz CT molecular complexity index is 955. The van der Waals surface area contributed by atoms with Crippen LogP contribution in [0.5, 0.6) is 0 Å². The zero-order valence-corrected chi connectivity index (χ0v) is 14.6. The van der Waals surface area contributed by atoms with Gasteiger partial charge in [0.25, 0.3) is 5.91 Å². The van der Waals surface area contributed by atoms with Crippen molar-refractivity contribution >= 4 is 16.7 Å². The minimum Gasteiger partial charge on any atom is -0.472 e. The summed E-state index contributed by atoms with van der Waals surface area (Å²) in [6, 6.07) is 14.2. The normalized spacial score (nSPS) is 22.5. The van der Waals surface area contributed by atoms with Crippen molar-refractivity contribution in [2.24, 2.45) is 5.41 Å². The number of hydrogen-bond donors (Lipinski definition) is 0. The first-order valence-electron chi connectivity index (χ1n) is 9.16. The van der Waals surface area contributed by atoms with Gasteiger partial charge >= 0.3 is 0 Å². The molecule has 2 fully saturated rings. The third-order valence-electron chi connectivity index (χ3n) is 5.85. The van der Waals surface area contributed by atoms with E-state index in [0.717, 1.165) is 66.6 Å². The van der Waals surface area contributed by atoms with Crippen LogP contribution >= 0.6 is 0 Å². The SMILES string of the molecule is O=C(c1ccc2cc(-c3ccoc3)ccc2c1)N1CCC2(CCOC2)C1. The maximum atomic E-state index is 13.0. The summed E-state index contributed by atoms with van der Waals surface area (Å²) in [4.78, 5) is 15.0. The number of likely N-dealkylation sites (tertiary alicyclic amines) is 1. The Morgan fingerprint density at radius 1 is 1.00 bits per heavy atom. The molecule has 5 rings (SSSR count). The molecule has 132 valence electrons. The zero-order valence-electron chi connectivity index (χ0n) is 14.6. The van der Waals surface area contributed by atoms with Crippen LogP contribution in [-0.2, 0) is 4.74 Å². The molecule has 2 aliphatic heterocycles. The van der Waals surface area contributed by atoms with Gasteiger partial charge < -0.3 is 14.1 Å². The Morgan fingerprint density at radius 3 is 2.69 bits per heavy atom. The summed E-state index contributed by atoms with van der Waals surface area (Å²) in [5, 5.41) is 2.21. The molecule has 1 aromatic heterocycles. The van der Waals surface area contributed by atoms with Gasteiger partial charge in [0, 0.05) is 36.2 Å². The third kappa shape index (κ3) is 2.61. The molecule has 0 bridgehead atoms. The molecule has 2 aliphatic rings. The zero-order chi connectivity index (χ0) is 17.6. The molecule has 4 nitrogen and oxygen atoms in total. The minimum absolute atomic E-state index is 0.134. The Morgan fingerprint density at radius 2 is 1.88 bits per heavy atom. The first kappa shape index (κ1) is 15.6.